The third-order valence-electron chi connectivity index (χ3n) is 2.54. The zero-order chi connectivity index (χ0) is 13.4. The number of ether oxygens (including phenoxy) is 1. The third-order valence-corrected chi connectivity index (χ3v) is 2.54. The van der Waals surface area contributed by atoms with Crippen LogP contribution in [0.1, 0.15) is 33.6 Å². The lowest BCUT2D eigenvalue weighted by Gasteiger charge is -2.14. The maximum absolute atomic E-state index is 11.2. The fraction of sp³-hybridized carbons (Fsp3) is 0.500. The van der Waals surface area contributed by atoms with Gasteiger partial charge < -0.3 is 10.1 Å². The van der Waals surface area contributed by atoms with Crippen molar-refractivity contribution in [2.45, 2.75) is 39.7 Å². The molecule has 0 spiro atoms. The molecule has 0 aromatic heterocycles. The van der Waals surface area contributed by atoms with Crippen molar-refractivity contribution in [2.75, 3.05) is 17.2 Å². The number of anilines is 2. The van der Waals surface area contributed by atoms with Crippen LogP contribution in [-0.4, -0.2) is 18.7 Å². The van der Waals surface area contributed by atoms with E-state index in [0.717, 1.165) is 24.2 Å². The van der Waals surface area contributed by atoms with Crippen LogP contribution in [0, 0.1) is 0 Å². The molecule has 0 bridgehead atoms. The van der Waals surface area contributed by atoms with Gasteiger partial charge in [-0.15, -0.1) is 0 Å². The maximum atomic E-state index is 11.2. The predicted molar refractivity (Wildman–Crippen MR) is 75.1 cm³/mol. The van der Waals surface area contributed by atoms with Gasteiger partial charge in [-0.05, 0) is 44.5 Å². The highest BCUT2D eigenvalue weighted by Crippen LogP contribution is 2.15. The predicted octanol–water partition coefficient (Wildman–Crippen LogP) is 3.86. The highest BCUT2D eigenvalue weighted by atomic mass is 16.5. The van der Waals surface area contributed by atoms with Crippen LogP contribution in [0.2, 0.25) is 0 Å². The first-order valence-electron chi connectivity index (χ1n) is 6.46. The highest BCUT2D eigenvalue weighted by molar-refractivity contribution is 5.84. The average Bonchev–Trinajstić information content (AvgIpc) is 2.32. The molecule has 1 aromatic rings. The summed E-state index contributed by atoms with van der Waals surface area (Å²) in [5.41, 5.74) is 1.80. The molecule has 0 saturated carbocycles. The van der Waals surface area contributed by atoms with Crippen LogP contribution in [0.5, 0.6) is 0 Å². The van der Waals surface area contributed by atoms with E-state index in [1.54, 1.807) is 6.92 Å². The van der Waals surface area contributed by atoms with Crippen LogP contribution in [0.4, 0.5) is 16.2 Å². The van der Waals surface area contributed by atoms with Crippen LogP contribution in [-0.2, 0) is 4.74 Å². The summed E-state index contributed by atoms with van der Waals surface area (Å²) in [4.78, 5) is 11.2. The Hall–Kier alpha value is -1.71. The largest absolute Gasteiger partial charge is 0.450 e. The average molecular weight is 250 g/mol. The fourth-order valence-corrected chi connectivity index (χ4v) is 1.72. The zero-order valence-corrected chi connectivity index (χ0v) is 11.3. The van der Waals surface area contributed by atoms with Crippen molar-refractivity contribution >= 4 is 17.5 Å². The summed E-state index contributed by atoms with van der Waals surface area (Å²) in [6.45, 7) is 6.49. The van der Waals surface area contributed by atoms with Crippen LogP contribution in [0.3, 0.4) is 0 Å². The molecule has 4 heteroatoms. The van der Waals surface area contributed by atoms with Crippen LogP contribution in [0.25, 0.3) is 0 Å². The van der Waals surface area contributed by atoms with Gasteiger partial charge in [0.2, 0.25) is 0 Å². The second kappa shape index (κ2) is 7.58. The summed E-state index contributed by atoms with van der Waals surface area (Å²) in [6.07, 6.45) is 1.89. The molecule has 1 atom stereocenters. The van der Waals surface area contributed by atoms with E-state index in [1.807, 2.05) is 24.3 Å². The number of rotatable bonds is 6. The standard InChI is InChI=1S/C14H22N2O2/c1-4-6-11(3)15-12-7-9-13(10-8-12)16-14(17)18-5-2/h7-11,15H,4-6H2,1-3H3,(H,16,17). The Balaban J connectivity index is 2.49. The molecule has 18 heavy (non-hydrogen) atoms. The van der Waals surface area contributed by atoms with E-state index in [0.29, 0.717) is 12.6 Å². The summed E-state index contributed by atoms with van der Waals surface area (Å²) >= 11 is 0. The van der Waals surface area contributed by atoms with E-state index in [2.05, 4.69) is 24.5 Å². The molecule has 0 fully saturated rings. The van der Waals surface area contributed by atoms with Gasteiger partial charge in [-0.25, -0.2) is 4.79 Å². The van der Waals surface area contributed by atoms with E-state index in [1.165, 1.54) is 0 Å². The van der Waals surface area contributed by atoms with Gasteiger partial charge in [0.1, 0.15) is 0 Å². The summed E-state index contributed by atoms with van der Waals surface area (Å²) in [5, 5.41) is 6.06. The van der Waals surface area contributed by atoms with Crippen molar-refractivity contribution < 1.29 is 9.53 Å². The van der Waals surface area contributed by atoms with Gasteiger partial charge in [0, 0.05) is 17.4 Å². The van der Waals surface area contributed by atoms with Gasteiger partial charge in [-0.3, -0.25) is 5.32 Å². The third kappa shape index (κ3) is 5.08. The lowest BCUT2D eigenvalue weighted by Crippen LogP contribution is -2.15. The second-order valence-corrected chi connectivity index (χ2v) is 4.26. The maximum Gasteiger partial charge on any atom is 0.411 e. The van der Waals surface area contributed by atoms with Crippen molar-refractivity contribution in [3.05, 3.63) is 24.3 Å². The molecule has 4 nitrogen and oxygen atoms in total. The number of nitrogens with one attached hydrogen (secondary N) is 2. The number of hydrogen-bond acceptors (Lipinski definition) is 3. The number of carbonyl (C=O) groups excluding carboxylic acids is 1. The summed E-state index contributed by atoms with van der Waals surface area (Å²) < 4.78 is 4.81. The van der Waals surface area contributed by atoms with Crippen molar-refractivity contribution in [3.63, 3.8) is 0 Å². The monoisotopic (exact) mass is 250 g/mol. The van der Waals surface area contributed by atoms with E-state index in [-0.39, 0.29) is 0 Å². The highest BCUT2D eigenvalue weighted by Gasteiger charge is 2.03. The van der Waals surface area contributed by atoms with E-state index in [4.69, 9.17) is 4.74 Å². The Bertz CT molecular complexity index is 363. The van der Waals surface area contributed by atoms with Gasteiger partial charge in [-0.2, -0.15) is 0 Å². The van der Waals surface area contributed by atoms with Crippen molar-refractivity contribution in [2.24, 2.45) is 0 Å². The molecule has 100 valence electrons. The molecule has 0 aliphatic rings. The quantitative estimate of drug-likeness (QED) is 0.806. The Morgan fingerprint density at radius 2 is 1.83 bits per heavy atom. The molecule has 1 aromatic carbocycles. The molecule has 0 radical (unpaired) electrons. The molecule has 1 amide bonds. The molecule has 0 aliphatic heterocycles. The van der Waals surface area contributed by atoms with Crippen molar-refractivity contribution in [1.82, 2.24) is 0 Å². The summed E-state index contributed by atoms with van der Waals surface area (Å²) in [6, 6.07) is 8.08. The Kier molecular flexibility index (Phi) is 6.05. The first kappa shape index (κ1) is 14.4. The van der Waals surface area contributed by atoms with E-state index < -0.39 is 6.09 Å². The molecular weight excluding hydrogens is 228 g/mol. The molecule has 0 aliphatic carbocycles. The number of amides is 1. The van der Waals surface area contributed by atoms with Crippen LogP contribution < -0.4 is 10.6 Å². The first-order valence-corrected chi connectivity index (χ1v) is 6.46. The Morgan fingerprint density at radius 3 is 2.39 bits per heavy atom. The summed E-state index contributed by atoms with van der Waals surface area (Å²) in [5.74, 6) is 0. The Labute approximate surface area is 109 Å². The molecule has 1 rings (SSSR count). The number of benzene rings is 1. The molecule has 0 saturated heterocycles. The second-order valence-electron chi connectivity index (χ2n) is 4.26. The topological polar surface area (TPSA) is 50.4 Å². The van der Waals surface area contributed by atoms with Gasteiger partial charge in [0.25, 0.3) is 0 Å². The van der Waals surface area contributed by atoms with Gasteiger partial charge >= 0.3 is 6.09 Å². The first-order chi connectivity index (χ1) is 8.65. The molecule has 0 heterocycles. The van der Waals surface area contributed by atoms with E-state index >= 15 is 0 Å². The fourth-order valence-electron chi connectivity index (χ4n) is 1.72. The van der Waals surface area contributed by atoms with Gasteiger partial charge in [0.05, 0.1) is 6.61 Å². The normalized spacial score (nSPS) is 11.7. The minimum absolute atomic E-state index is 0.375. The molecule has 1 unspecified atom stereocenters. The van der Waals surface area contributed by atoms with Gasteiger partial charge in [0.15, 0.2) is 0 Å². The zero-order valence-electron chi connectivity index (χ0n) is 11.3. The number of carbonyl (C=O) groups is 1. The van der Waals surface area contributed by atoms with Crippen LogP contribution in [0.15, 0.2) is 24.3 Å². The van der Waals surface area contributed by atoms with E-state index in [9.17, 15) is 4.79 Å². The Morgan fingerprint density at radius 1 is 1.22 bits per heavy atom. The molecular formula is C14H22N2O2. The minimum atomic E-state index is -0.419. The number of hydrogen-bond donors (Lipinski definition) is 2. The lowest BCUT2D eigenvalue weighted by molar-refractivity contribution is 0.168. The van der Waals surface area contributed by atoms with Crippen molar-refractivity contribution in [1.29, 1.82) is 0 Å². The van der Waals surface area contributed by atoms with Crippen molar-refractivity contribution in [3.8, 4) is 0 Å². The molecule has 2 N–H and O–H groups in total. The van der Waals surface area contributed by atoms with Crippen LogP contribution >= 0.6 is 0 Å². The van der Waals surface area contributed by atoms with Gasteiger partial charge in [-0.1, -0.05) is 13.3 Å². The SMILES string of the molecule is CCCC(C)Nc1ccc(NC(=O)OCC)cc1. The minimum Gasteiger partial charge on any atom is -0.450 e. The smallest absolute Gasteiger partial charge is 0.411 e. The summed E-state index contributed by atoms with van der Waals surface area (Å²) in [7, 11) is 0. The lowest BCUT2D eigenvalue weighted by atomic mass is 10.2.